The van der Waals surface area contributed by atoms with Gasteiger partial charge in [-0.05, 0) is 24.6 Å². The van der Waals surface area contributed by atoms with Gasteiger partial charge in [0.2, 0.25) is 0 Å². The monoisotopic (exact) mass is 332 g/mol. The highest BCUT2D eigenvalue weighted by atomic mass is 79.9. The highest BCUT2D eigenvalue weighted by molar-refractivity contribution is 9.10. The second kappa shape index (κ2) is 7.53. The van der Waals surface area contributed by atoms with Gasteiger partial charge < -0.3 is 10.6 Å². The number of hydrogen-bond acceptors (Lipinski definition) is 2. The fourth-order valence-corrected chi connectivity index (χ4v) is 2.04. The zero-order valence-corrected chi connectivity index (χ0v) is 12.8. The summed E-state index contributed by atoms with van der Waals surface area (Å²) in [6.07, 6.45) is 1.62. The lowest BCUT2D eigenvalue weighted by molar-refractivity contribution is 0.238. The lowest BCUT2D eigenvalue weighted by Gasteiger charge is -2.15. The summed E-state index contributed by atoms with van der Waals surface area (Å²) >= 11 is 3.36. The molecule has 0 bridgehead atoms. The van der Waals surface area contributed by atoms with Crippen molar-refractivity contribution in [1.29, 1.82) is 0 Å². The summed E-state index contributed by atoms with van der Waals surface area (Å²) in [6, 6.07) is 7.48. The van der Waals surface area contributed by atoms with Gasteiger partial charge in [-0.2, -0.15) is 0 Å². The van der Waals surface area contributed by atoms with Gasteiger partial charge in [0.25, 0.3) is 0 Å². The van der Waals surface area contributed by atoms with Crippen molar-refractivity contribution in [2.75, 3.05) is 18.6 Å². The van der Waals surface area contributed by atoms with E-state index in [1.807, 2.05) is 31.2 Å². The largest absolute Gasteiger partial charge is 0.337 e. The first-order chi connectivity index (χ1) is 8.49. The Kier molecular flexibility index (Phi) is 6.35. The standard InChI is InChI=1S/C12H17BrN2O2S/c1-9(10-3-5-11(13)6-4-10)15-12(16)14-7-8-18(2)17/h3-6,9H,7-8H2,1-2H3,(H2,14,15,16)/t9-,18+/m1/s1. The van der Waals surface area contributed by atoms with Crippen LogP contribution in [0.5, 0.6) is 0 Å². The second-order valence-corrected chi connectivity index (χ2v) is 6.42. The summed E-state index contributed by atoms with van der Waals surface area (Å²) in [4.78, 5) is 11.5. The first-order valence-corrected chi connectivity index (χ1v) is 8.11. The van der Waals surface area contributed by atoms with E-state index in [4.69, 9.17) is 0 Å². The van der Waals surface area contributed by atoms with Crippen molar-refractivity contribution in [3.05, 3.63) is 34.3 Å². The Hall–Kier alpha value is -0.880. The SMILES string of the molecule is C[C@@H](NC(=O)NCC[S@](C)=O)c1ccc(Br)cc1. The molecule has 0 aliphatic carbocycles. The number of hydrogen-bond donors (Lipinski definition) is 2. The Bertz CT molecular complexity index is 423. The van der Waals surface area contributed by atoms with E-state index >= 15 is 0 Å². The fourth-order valence-electron chi connectivity index (χ4n) is 1.39. The van der Waals surface area contributed by atoms with Crippen LogP contribution >= 0.6 is 15.9 Å². The molecule has 2 amide bonds. The van der Waals surface area contributed by atoms with Crippen molar-refractivity contribution in [2.45, 2.75) is 13.0 Å². The van der Waals surface area contributed by atoms with Crippen LogP contribution in [0.15, 0.2) is 28.7 Å². The van der Waals surface area contributed by atoms with E-state index in [9.17, 15) is 9.00 Å². The van der Waals surface area contributed by atoms with Crippen molar-refractivity contribution < 1.29 is 9.00 Å². The van der Waals surface area contributed by atoms with E-state index in [-0.39, 0.29) is 12.1 Å². The molecule has 0 fully saturated rings. The lowest BCUT2D eigenvalue weighted by Crippen LogP contribution is -2.38. The van der Waals surface area contributed by atoms with Crippen LogP contribution in [0.2, 0.25) is 0 Å². The molecule has 2 N–H and O–H groups in total. The minimum absolute atomic E-state index is 0.0646. The fraction of sp³-hybridized carbons (Fsp3) is 0.417. The third kappa shape index (κ3) is 5.64. The third-order valence-electron chi connectivity index (χ3n) is 2.39. The molecule has 0 saturated carbocycles. The summed E-state index contributed by atoms with van der Waals surface area (Å²) in [5.41, 5.74) is 1.03. The minimum atomic E-state index is -0.881. The number of urea groups is 1. The molecule has 100 valence electrons. The zero-order valence-electron chi connectivity index (χ0n) is 10.4. The molecule has 1 rings (SSSR count). The van der Waals surface area contributed by atoms with Crippen molar-refractivity contribution in [1.82, 2.24) is 10.6 Å². The molecule has 0 radical (unpaired) electrons. The van der Waals surface area contributed by atoms with E-state index in [0.29, 0.717) is 12.3 Å². The van der Waals surface area contributed by atoms with Gasteiger partial charge in [0.1, 0.15) is 0 Å². The maximum Gasteiger partial charge on any atom is 0.315 e. The van der Waals surface area contributed by atoms with Crippen LogP contribution in [0.25, 0.3) is 0 Å². The van der Waals surface area contributed by atoms with E-state index in [1.165, 1.54) is 0 Å². The van der Waals surface area contributed by atoms with Crippen molar-refractivity contribution in [3.63, 3.8) is 0 Å². The van der Waals surface area contributed by atoms with Gasteiger partial charge >= 0.3 is 6.03 Å². The van der Waals surface area contributed by atoms with Crippen molar-refractivity contribution in [2.24, 2.45) is 0 Å². The van der Waals surface area contributed by atoms with Gasteiger partial charge in [0.15, 0.2) is 0 Å². The topological polar surface area (TPSA) is 58.2 Å². The average Bonchev–Trinajstić information content (AvgIpc) is 2.29. The first-order valence-electron chi connectivity index (χ1n) is 5.59. The number of nitrogens with one attached hydrogen (secondary N) is 2. The van der Waals surface area contributed by atoms with E-state index < -0.39 is 10.8 Å². The Labute approximate surface area is 118 Å². The molecular formula is C12H17BrN2O2S. The maximum absolute atomic E-state index is 11.5. The molecule has 0 aromatic heterocycles. The summed E-state index contributed by atoms with van der Waals surface area (Å²) in [5, 5.41) is 5.50. The van der Waals surface area contributed by atoms with Crippen molar-refractivity contribution >= 4 is 32.8 Å². The second-order valence-electron chi connectivity index (χ2n) is 3.95. The quantitative estimate of drug-likeness (QED) is 0.868. The molecule has 6 heteroatoms. The van der Waals surface area contributed by atoms with E-state index in [2.05, 4.69) is 26.6 Å². The van der Waals surface area contributed by atoms with Crippen molar-refractivity contribution in [3.8, 4) is 0 Å². The first kappa shape index (κ1) is 15.2. The van der Waals surface area contributed by atoms with E-state index in [0.717, 1.165) is 10.0 Å². The zero-order chi connectivity index (χ0) is 13.5. The maximum atomic E-state index is 11.5. The number of benzene rings is 1. The van der Waals surface area contributed by atoms with Gasteiger partial charge in [-0.15, -0.1) is 0 Å². The number of amides is 2. The third-order valence-corrected chi connectivity index (χ3v) is 3.70. The van der Waals surface area contributed by atoms with Crippen LogP contribution < -0.4 is 10.6 Å². The number of carbonyl (C=O) groups excluding carboxylic acids is 1. The summed E-state index contributed by atoms with van der Waals surface area (Å²) in [5.74, 6) is 0.472. The molecule has 4 nitrogen and oxygen atoms in total. The highest BCUT2D eigenvalue weighted by Gasteiger charge is 2.08. The lowest BCUT2D eigenvalue weighted by atomic mass is 10.1. The van der Waals surface area contributed by atoms with Crippen LogP contribution in [-0.2, 0) is 10.8 Å². The minimum Gasteiger partial charge on any atom is -0.337 e. The van der Waals surface area contributed by atoms with Gasteiger partial charge in [-0.1, -0.05) is 28.1 Å². The number of rotatable bonds is 5. The predicted octanol–water partition coefficient (Wildman–Crippen LogP) is 2.19. The van der Waals surface area contributed by atoms with Gasteiger partial charge in [-0.25, -0.2) is 4.79 Å². The van der Waals surface area contributed by atoms with Crippen LogP contribution in [0.4, 0.5) is 4.79 Å². The molecule has 0 spiro atoms. The molecule has 0 unspecified atom stereocenters. The summed E-state index contributed by atoms with van der Waals surface area (Å²) in [6.45, 7) is 2.34. The molecule has 0 aliphatic heterocycles. The van der Waals surface area contributed by atoms with Crippen LogP contribution in [0.3, 0.4) is 0 Å². The molecular weight excluding hydrogens is 316 g/mol. The molecule has 1 aromatic carbocycles. The Morgan fingerprint density at radius 1 is 1.39 bits per heavy atom. The van der Waals surface area contributed by atoms with Crippen LogP contribution in [-0.4, -0.2) is 28.8 Å². The Balaban J connectivity index is 2.39. The number of halogens is 1. The van der Waals surface area contributed by atoms with E-state index in [1.54, 1.807) is 6.26 Å². The predicted molar refractivity (Wildman–Crippen MR) is 78.0 cm³/mol. The normalized spacial score (nSPS) is 13.7. The smallest absolute Gasteiger partial charge is 0.315 e. The van der Waals surface area contributed by atoms with Gasteiger partial charge in [0.05, 0.1) is 6.04 Å². The van der Waals surface area contributed by atoms with Gasteiger partial charge in [0, 0.05) is 33.8 Å². The molecule has 2 atom stereocenters. The average molecular weight is 333 g/mol. The Morgan fingerprint density at radius 2 is 2.00 bits per heavy atom. The number of carbonyl (C=O) groups is 1. The van der Waals surface area contributed by atoms with Gasteiger partial charge in [-0.3, -0.25) is 4.21 Å². The molecule has 1 aromatic rings. The van der Waals surface area contributed by atoms with Crippen LogP contribution in [0.1, 0.15) is 18.5 Å². The molecule has 18 heavy (non-hydrogen) atoms. The molecule has 0 heterocycles. The summed E-state index contributed by atoms with van der Waals surface area (Å²) in [7, 11) is -0.881. The molecule has 0 saturated heterocycles. The Morgan fingerprint density at radius 3 is 2.56 bits per heavy atom. The summed E-state index contributed by atoms with van der Waals surface area (Å²) < 4.78 is 11.8. The molecule has 0 aliphatic rings. The van der Waals surface area contributed by atoms with Crippen LogP contribution in [0, 0.1) is 0 Å². The highest BCUT2D eigenvalue weighted by Crippen LogP contribution is 2.16.